The maximum Gasteiger partial charge on any atom is 1.00 e. The number of nitrogens with one attached hydrogen (secondary N) is 1. The molecule has 0 radical (unpaired) electrons. The van der Waals surface area contributed by atoms with Gasteiger partial charge in [0.15, 0.2) is 0 Å². The van der Waals surface area contributed by atoms with E-state index >= 15 is 0 Å². The minimum atomic E-state index is -5.02. The molecule has 0 saturated carbocycles. The molecule has 6 aromatic rings. The number of tetrazole rings is 1. The van der Waals surface area contributed by atoms with Crippen molar-refractivity contribution in [1.29, 1.82) is 0 Å². The Morgan fingerprint density at radius 3 is 2.32 bits per heavy atom. The van der Waals surface area contributed by atoms with Crippen LogP contribution in [0.25, 0.3) is 32.7 Å². The van der Waals surface area contributed by atoms with Crippen molar-refractivity contribution < 1.29 is 107 Å². The molecule has 0 bridgehead atoms. The number of furan rings is 1. The quantitative estimate of drug-likeness (QED) is 0.129. The monoisotopic (exact) mass is 593 g/mol. The maximum absolute atomic E-state index is 12.4. The van der Waals surface area contributed by atoms with Crippen molar-refractivity contribution in [2.75, 3.05) is 0 Å². The van der Waals surface area contributed by atoms with E-state index in [1.165, 1.54) is 0 Å². The Hall–Kier alpha value is -0.880. The van der Waals surface area contributed by atoms with Gasteiger partial charge in [0.1, 0.15) is 11.2 Å². The summed E-state index contributed by atoms with van der Waals surface area (Å²) in [5.74, 6) is -1.11. The van der Waals surface area contributed by atoms with Crippen LogP contribution in [0.1, 0.15) is 29.4 Å². The molecular formula is C28H23N5Na3O4P. The Balaban J connectivity index is 0.00000154. The number of hydrogen-bond acceptors (Lipinski definition) is 8. The van der Waals surface area contributed by atoms with Crippen molar-refractivity contribution in [1.82, 2.24) is 25.9 Å². The number of para-hydroxylation sites is 1. The minimum Gasteiger partial charge on any atom is -0.810 e. The van der Waals surface area contributed by atoms with Crippen molar-refractivity contribution in [3.05, 3.63) is 102 Å². The van der Waals surface area contributed by atoms with Crippen LogP contribution in [0.15, 0.2) is 89.3 Å². The number of hydrogen-bond donors (Lipinski definition) is 1. The van der Waals surface area contributed by atoms with Crippen molar-refractivity contribution in [2.45, 2.75) is 31.1 Å². The molecule has 1 N–H and O–H groups in total. The number of aryl methyl sites for hydroxylation is 1. The first-order valence-corrected chi connectivity index (χ1v) is 13.9. The third kappa shape index (κ3) is 7.99. The number of benzene rings is 4. The van der Waals surface area contributed by atoms with E-state index in [0.717, 1.165) is 38.3 Å². The summed E-state index contributed by atoms with van der Waals surface area (Å²) in [5.41, 5.74) is 3.34. The molecule has 6 rings (SSSR count). The van der Waals surface area contributed by atoms with E-state index < -0.39 is 19.4 Å². The predicted octanol–water partition coefficient (Wildman–Crippen LogP) is -5.36. The zero-order valence-corrected chi connectivity index (χ0v) is 30.1. The van der Waals surface area contributed by atoms with Gasteiger partial charge in [-0.1, -0.05) is 80.4 Å². The molecule has 0 amide bonds. The van der Waals surface area contributed by atoms with Gasteiger partial charge < -0.3 is 29.2 Å². The van der Waals surface area contributed by atoms with Crippen LogP contribution in [0, 0.1) is 0 Å². The van der Waals surface area contributed by atoms with E-state index in [2.05, 4.69) is 25.9 Å². The van der Waals surface area contributed by atoms with Crippen LogP contribution < -0.4 is 109 Å². The maximum atomic E-state index is 12.4. The molecule has 9 nitrogen and oxygen atoms in total. The Morgan fingerprint density at radius 1 is 0.854 bits per heavy atom. The fourth-order valence-corrected chi connectivity index (χ4v) is 5.82. The third-order valence-corrected chi connectivity index (χ3v) is 8.04. The average Bonchev–Trinajstić information content (AvgIpc) is 3.58. The van der Waals surface area contributed by atoms with Crippen molar-refractivity contribution >= 4 is 40.3 Å². The summed E-state index contributed by atoms with van der Waals surface area (Å²) in [4.78, 5) is 24.7. The van der Waals surface area contributed by atoms with Crippen molar-refractivity contribution in [2.24, 2.45) is 0 Å². The number of nitrogens with zero attached hydrogens (tertiary/aromatic N) is 4. The number of rotatable bonds is 9. The molecule has 0 spiro atoms. The van der Waals surface area contributed by atoms with Crippen molar-refractivity contribution in [3.63, 3.8) is 0 Å². The van der Waals surface area contributed by atoms with Crippen LogP contribution in [-0.4, -0.2) is 21.3 Å². The number of aromatic nitrogens is 4. The van der Waals surface area contributed by atoms with Gasteiger partial charge in [0.25, 0.3) is 0 Å². The van der Waals surface area contributed by atoms with E-state index in [1.807, 2.05) is 84.9 Å². The molecule has 2 atom stereocenters. The molecular weight excluding hydrogens is 570 g/mol. The Labute approximate surface area is 303 Å². The zero-order chi connectivity index (χ0) is 26.1. The first-order valence-electron chi connectivity index (χ1n) is 12.3. The Kier molecular flexibility index (Phi) is 12.8. The van der Waals surface area contributed by atoms with Crippen LogP contribution in [0.5, 0.6) is 0 Å². The summed E-state index contributed by atoms with van der Waals surface area (Å²) >= 11 is 0. The van der Waals surface area contributed by atoms with Gasteiger partial charge >= 0.3 is 88.7 Å². The molecule has 0 aliphatic rings. The fraction of sp³-hybridized carbons (Fsp3) is 0.179. The van der Waals surface area contributed by atoms with Gasteiger partial charge in [-0.05, 0) is 53.3 Å². The molecule has 4 aromatic carbocycles. The first-order chi connectivity index (χ1) is 18.5. The van der Waals surface area contributed by atoms with Gasteiger partial charge in [-0.2, -0.15) is 5.21 Å². The molecule has 0 aliphatic carbocycles. The normalized spacial score (nSPS) is 12.8. The standard InChI is InChI=1S/C28H25N5O4P.3Na/c34-38(35,36)27(15-13-20-8-5-7-19-6-1-2-9-21(19)20)29-24(28-30-32-33-31-28)16-18-12-14-23-22-10-3-4-11-25(22)37-26(23)17-18;;;/h1-12,14,17,24,27,29H,13,15-16H2,(H2-,30,31,32,33,34,35,36);;;/q-1;3*+1/p-2/t24-,27-;;;/m0.../s1. The molecule has 13 heteroatoms. The number of fused-ring (bicyclic) bond motifs is 4. The summed E-state index contributed by atoms with van der Waals surface area (Å²) in [6.45, 7) is 0. The van der Waals surface area contributed by atoms with E-state index in [9.17, 15) is 14.4 Å². The van der Waals surface area contributed by atoms with E-state index in [1.54, 1.807) is 0 Å². The largest absolute Gasteiger partial charge is 1.00 e. The van der Waals surface area contributed by atoms with Gasteiger partial charge in [0.05, 0.1) is 0 Å². The topological polar surface area (TPSA) is 141 Å². The van der Waals surface area contributed by atoms with Gasteiger partial charge in [0.2, 0.25) is 0 Å². The van der Waals surface area contributed by atoms with Gasteiger partial charge in [0, 0.05) is 28.4 Å². The SMILES string of the molecule is O=P([O-])([O-])[C@@H](CCc1cccc2ccccc12)N[C@@H](Cc1ccc2c(c1)oc1ccccc12)c1nnn[n-]1.[Na+].[Na+].[Na+]. The molecule has 0 fully saturated rings. The summed E-state index contributed by atoms with van der Waals surface area (Å²) in [6, 6.07) is 26.7. The summed E-state index contributed by atoms with van der Waals surface area (Å²) in [6.07, 6.45) is 0.813. The second-order valence-electron chi connectivity index (χ2n) is 9.32. The summed E-state index contributed by atoms with van der Waals surface area (Å²) < 4.78 is 18.4. The molecule has 0 saturated heterocycles. The van der Waals surface area contributed by atoms with Crippen molar-refractivity contribution in [3.8, 4) is 0 Å². The van der Waals surface area contributed by atoms with Gasteiger partial charge in [-0.3, -0.25) is 10.3 Å². The van der Waals surface area contributed by atoms with E-state index in [-0.39, 0.29) is 101 Å². The smallest absolute Gasteiger partial charge is 0.810 e. The fourth-order valence-electron chi connectivity index (χ4n) is 5.02. The van der Waals surface area contributed by atoms with Crippen LogP contribution in [-0.2, 0) is 17.4 Å². The Morgan fingerprint density at radius 2 is 1.56 bits per heavy atom. The minimum absolute atomic E-state index is 0. The summed E-state index contributed by atoms with van der Waals surface area (Å²) in [5, 5.41) is 22.1. The summed E-state index contributed by atoms with van der Waals surface area (Å²) in [7, 11) is -5.02. The molecule has 0 unspecified atom stereocenters. The van der Waals surface area contributed by atoms with Crippen LogP contribution in [0.2, 0.25) is 0 Å². The average molecular weight is 593 g/mol. The molecule has 2 aromatic heterocycles. The molecule has 0 aliphatic heterocycles. The second-order valence-corrected chi connectivity index (χ2v) is 11.0. The first kappa shape index (κ1) is 34.6. The molecule has 192 valence electrons. The van der Waals surface area contributed by atoms with Crippen LogP contribution >= 0.6 is 7.60 Å². The second kappa shape index (κ2) is 15.2. The van der Waals surface area contributed by atoms with E-state index in [4.69, 9.17) is 4.42 Å². The van der Waals surface area contributed by atoms with Gasteiger partial charge in [-0.15, -0.1) is 0 Å². The molecule has 41 heavy (non-hydrogen) atoms. The van der Waals surface area contributed by atoms with Crippen LogP contribution in [0.4, 0.5) is 0 Å². The van der Waals surface area contributed by atoms with Crippen LogP contribution in [0.3, 0.4) is 0 Å². The van der Waals surface area contributed by atoms with Gasteiger partial charge in [-0.25, -0.2) is 0 Å². The third-order valence-electron chi connectivity index (χ3n) is 6.87. The predicted molar refractivity (Wildman–Crippen MR) is 140 cm³/mol. The zero-order valence-electron chi connectivity index (χ0n) is 23.2. The molecule has 2 heterocycles. The van der Waals surface area contributed by atoms with E-state index in [0.29, 0.717) is 18.4 Å². The Bertz CT molecular complexity index is 1770.